The molecule has 0 saturated carbocycles. The fourth-order valence-corrected chi connectivity index (χ4v) is 2.68. The van der Waals surface area contributed by atoms with Crippen LogP contribution in [0.4, 0.5) is 11.4 Å². The number of nitrogen functional groups attached to an aromatic ring is 1. The normalized spacial score (nSPS) is 12.1. The van der Waals surface area contributed by atoms with Gasteiger partial charge in [0.05, 0.1) is 16.9 Å². The van der Waals surface area contributed by atoms with Crippen molar-refractivity contribution in [1.29, 1.82) is 0 Å². The molecule has 0 bridgehead atoms. The highest BCUT2D eigenvalue weighted by Crippen LogP contribution is 2.24. The van der Waals surface area contributed by atoms with Gasteiger partial charge in [-0.15, -0.1) is 0 Å². The predicted octanol–water partition coefficient (Wildman–Crippen LogP) is 2.47. The summed E-state index contributed by atoms with van der Waals surface area (Å²) in [5.74, 6) is -0.475. The molecule has 1 unspecified atom stereocenters. The zero-order valence-electron chi connectivity index (χ0n) is 10.7. The minimum absolute atomic E-state index is 0.164. The Morgan fingerprint density at radius 3 is 2.84 bits per heavy atom. The van der Waals surface area contributed by atoms with Gasteiger partial charge in [0.2, 0.25) is 0 Å². The van der Waals surface area contributed by atoms with Crippen LogP contribution in [0.25, 0.3) is 0 Å². The highest BCUT2D eigenvalue weighted by Gasteiger charge is 2.13. The van der Waals surface area contributed by atoms with Gasteiger partial charge in [0.1, 0.15) is 0 Å². The summed E-state index contributed by atoms with van der Waals surface area (Å²) in [4.78, 5) is 11.4. The Morgan fingerprint density at radius 2 is 2.21 bits per heavy atom. The SMILES string of the molecule is CC(Cc1ccsc1)Nc1c(N)cccc1C(N)=O. The lowest BCUT2D eigenvalue weighted by atomic mass is 10.1. The van der Waals surface area contributed by atoms with Crippen molar-refractivity contribution in [1.82, 2.24) is 0 Å². The van der Waals surface area contributed by atoms with Crippen LogP contribution in [0.15, 0.2) is 35.0 Å². The second kappa shape index (κ2) is 5.75. The molecule has 0 aliphatic rings. The summed E-state index contributed by atoms with van der Waals surface area (Å²) in [5.41, 5.74) is 14.1. The van der Waals surface area contributed by atoms with Gasteiger partial charge in [0.15, 0.2) is 0 Å². The number of amides is 1. The van der Waals surface area contributed by atoms with Gasteiger partial charge in [-0.3, -0.25) is 4.79 Å². The second-order valence-electron chi connectivity index (χ2n) is 4.52. The van der Waals surface area contributed by atoms with Crippen LogP contribution in [-0.4, -0.2) is 11.9 Å². The molecule has 0 aliphatic carbocycles. The number of nitrogens with one attached hydrogen (secondary N) is 1. The Hall–Kier alpha value is -2.01. The van der Waals surface area contributed by atoms with E-state index in [2.05, 4.69) is 23.7 Å². The van der Waals surface area contributed by atoms with Crippen LogP contribution in [0.2, 0.25) is 0 Å². The summed E-state index contributed by atoms with van der Waals surface area (Å²) in [7, 11) is 0. The topological polar surface area (TPSA) is 81.1 Å². The molecule has 2 rings (SSSR count). The van der Waals surface area contributed by atoms with Gasteiger partial charge >= 0.3 is 0 Å². The van der Waals surface area contributed by atoms with Crippen molar-refractivity contribution in [2.75, 3.05) is 11.1 Å². The Morgan fingerprint density at radius 1 is 1.42 bits per heavy atom. The molecule has 19 heavy (non-hydrogen) atoms. The van der Waals surface area contributed by atoms with Crippen LogP contribution in [0.1, 0.15) is 22.8 Å². The van der Waals surface area contributed by atoms with Crippen molar-refractivity contribution in [3.63, 3.8) is 0 Å². The predicted molar refractivity (Wildman–Crippen MR) is 80.5 cm³/mol. The van der Waals surface area contributed by atoms with Crippen LogP contribution >= 0.6 is 11.3 Å². The zero-order valence-corrected chi connectivity index (χ0v) is 11.5. The van der Waals surface area contributed by atoms with E-state index < -0.39 is 5.91 Å². The van der Waals surface area contributed by atoms with E-state index >= 15 is 0 Å². The number of para-hydroxylation sites is 1. The lowest BCUT2D eigenvalue weighted by Crippen LogP contribution is -2.22. The molecule has 1 heterocycles. The molecule has 0 spiro atoms. The van der Waals surface area contributed by atoms with Crippen LogP contribution < -0.4 is 16.8 Å². The average molecular weight is 275 g/mol. The molecular weight excluding hydrogens is 258 g/mol. The van der Waals surface area contributed by atoms with Gasteiger partial charge in [-0.05, 0) is 47.9 Å². The molecule has 1 atom stereocenters. The highest BCUT2D eigenvalue weighted by atomic mass is 32.1. The first kappa shape index (κ1) is 13.4. The monoisotopic (exact) mass is 275 g/mol. The molecule has 0 radical (unpaired) electrons. The van der Waals surface area contributed by atoms with Crippen LogP contribution in [0.3, 0.4) is 0 Å². The number of hydrogen-bond acceptors (Lipinski definition) is 4. The van der Waals surface area contributed by atoms with Crippen LogP contribution in [0, 0.1) is 0 Å². The van der Waals surface area contributed by atoms with E-state index in [4.69, 9.17) is 11.5 Å². The summed E-state index contributed by atoms with van der Waals surface area (Å²) < 4.78 is 0. The van der Waals surface area contributed by atoms with Crippen molar-refractivity contribution < 1.29 is 4.79 Å². The molecular formula is C14H17N3OS. The van der Waals surface area contributed by atoms with Crippen molar-refractivity contribution in [2.24, 2.45) is 5.73 Å². The van der Waals surface area contributed by atoms with Crippen molar-refractivity contribution >= 4 is 28.6 Å². The maximum Gasteiger partial charge on any atom is 0.250 e. The first-order chi connectivity index (χ1) is 9.08. The van der Waals surface area contributed by atoms with Crippen molar-refractivity contribution in [3.8, 4) is 0 Å². The van der Waals surface area contributed by atoms with Crippen LogP contribution in [0.5, 0.6) is 0 Å². The molecule has 0 aliphatic heterocycles. The molecule has 4 nitrogen and oxygen atoms in total. The number of primary amides is 1. The lowest BCUT2D eigenvalue weighted by Gasteiger charge is -2.18. The molecule has 0 fully saturated rings. The zero-order chi connectivity index (χ0) is 13.8. The number of hydrogen-bond donors (Lipinski definition) is 3. The summed E-state index contributed by atoms with van der Waals surface area (Å²) >= 11 is 1.67. The molecule has 5 N–H and O–H groups in total. The molecule has 1 aromatic carbocycles. The van der Waals surface area contributed by atoms with E-state index in [1.807, 2.05) is 5.38 Å². The minimum Gasteiger partial charge on any atom is -0.397 e. The number of benzene rings is 1. The maximum atomic E-state index is 11.4. The standard InChI is InChI=1S/C14H17N3OS/c1-9(7-10-5-6-19-8-10)17-13-11(14(16)18)3-2-4-12(13)15/h2-6,8-9,17H,7,15H2,1H3,(H2,16,18). The summed E-state index contributed by atoms with van der Waals surface area (Å²) in [6, 6.07) is 7.42. The highest BCUT2D eigenvalue weighted by molar-refractivity contribution is 7.07. The van der Waals surface area contributed by atoms with Crippen molar-refractivity contribution in [2.45, 2.75) is 19.4 Å². The number of rotatable bonds is 5. The third kappa shape index (κ3) is 3.26. The van der Waals surface area contributed by atoms with Gasteiger partial charge in [0.25, 0.3) is 5.91 Å². The Bertz CT molecular complexity index is 566. The first-order valence-corrected chi connectivity index (χ1v) is 6.98. The fourth-order valence-electron chi connectivity index (χ4n) is 2.00. The fraction of sp³-hybridized carbons (Fsp3) is 0.214. The molecule has 2 aromatic rings. The summed E-state index contributed by atoms with van der Waals surface area (Å²) in [6.45, 7) is 2.05. The Balaban J connectivity index is 2.16. The van der Waals surface area contributed by atoms with Gasteiger partial charge in [0, 0.05) is 6.04 Å². The van der Waals surface area contributed by atoms with Crippen molar-refractivity contribution in [3.05, 3.63) is 46.2 Å². The molecule has 1 amide bonds. The molecule has 100 valence electrons. The van der Waals surface area contributed by atoms with E-state index in [1.165, 1.54) is 5.56 Å². The largest absolute Gasteiger partial charge is 0.397 e. The van der Waals surface area contributed by atoms with Gasteiger partial charge in [-0.1, -0.05) is 6.07 Å². The second-order valence-corrected chi connectivity index (χ2v) is 5.30. The summed E-state index contributed by atoms with van der Waals surface area (Å²) in [5, 5.41) is 7.44. The van der Waals surface area contributed by atoms with Gasteiger partial charge < -0.3 is 16.8 Å². The smallest absolute Gasteiger partial charge is 0.250 e. The van der Waals surface area contributed by atoms with Gasteiger partial charge in [-0.25, -0.2) is 0 Å². The van der Waals surface area contributed by atoms with Crippen LogP contribution in [-0.2, 0) is 6.42 Å². The average Bonchev–Trinajstić information content (AvgIpc) is 2.84. The Kier molecular flexibility index (Phi) is 4.06. The molecule has 0 saturated heterocycles. The van der Waals surface area contributed by atoms with E-state index in [0.717, 1.165) is 6.42 Å². The number of thiophene rings is 1. The number of anilines is 2. The number of carbonyl (C=O) groups is 1. The first-order valence-electron chi connectivity index (χ1n) is 6.04. The maximum absolute atomic E-state index is 11.4. The van der Waals surface area contributed by atoms with E-state index in [9.17, 15) is 4.79 Å². The lowest BCUT2D eigenvalue weighted by molar-refractivity contribution is 0.100. The van der Waals surface area contributed by atoms with E-state index in [1.54, 1.807) is 29.5 Å². The third-order valence-electron chi connectivity index (χ3n) is 2.87. The number of carbonyl (C=O) groups excluding carboxylic acids is 1. The van der Waals surface area contributed by atoms with E-state index in [-0.39, 0.29) is 6.04 Å². The van der Waals surface area contributed by atoms with Gasteiger partial charge in [-0.2, -0.15) is 11.3 Å². The molecule has 1 aromatic heterocycles. The number of nitrogens with two attached hydrogens (primary N) is 2. The molecule has 5 heteroatoms. The summed E-state index contributed by atoms with van der Waals surface area (Å²) in [6.07, 6.45) is 0.871. The Labute approximate surface area is 116 Å². The third-order valence-corrected chi connectivity index (χ3v) is 3.61. The minimum atomic E-state index is -0.475. The van der Waals surface area contributed by atoms with E-state index in [0.29, 0.717) is 16.9 Å². The quantitative estimate of drug-likeness (QED) is 0.733.